The molecule has 0 aliphatic carbocycles. The number of nitrogens with zero attached hydrogens (tertiary/aromatic N) is 2. The van der Waals surface area contributed by atoms with Crippen molar-refractivity contribution in [2.24, 2.45) is 0 Å². The van der Waals surface area contributed by atoms with Gasteiger partial charge in [0.25, 0.3) is 11.8 Å². The van der Waals surface area contributed by atoms with Crippen LogP contribution in [0.5, 0.6) is 0 Å². The highest BCUT2D eigenvalue weighted by atomic mass is 16.5. The third-order valence-corrected chi connectivity index (χ3v) is 3.98. The number of hydrogen-bond acceptors (Lipinski definition) is 5. The highest BCUT2D eigenvalue weighted by molar-refractivity contribution is 6.03. The number of pyridine rings is 1. The first-order valence-corrected chi connectivity index (χ1v) is 8.34. The lowest BCUT2D eigenvalue weighted by Crippen LogP contribution is -2.32. The van der Waals surface area contributed by atoms with Crippen molar-refractivity contribution < 1.29 is 14.3 Å². The fourth-order valence-electron chi connectivity index (χ4n) is 2.65. The van der Waals surface area contributed by atoms with Gasteiger partial charge in [-0.1, -0.05) is 12.1 Å². The molecule has 1 aliphatic heterocycles. The summed E-state index contributed by atoms with van der Waals surface area (Å²) in [4.78, 5) is 28.7. The lowest BCUT2D eigenvalue weighted by Gasteiger charge is -2.11. The predicted octanol–water partition coefficient (Wildman–Crippen LogP) is 2.11. The minimum Gasteiger partial charge on any atom is -0.376 e. The van der Waals surface area contributed by atoms with Gasteiger partial charge >= 0.3 is 0 Å². The van der Waals surface area contributed by atoms with E-state index in [1.54, 1.807) is 36.4 Å². The summed E-state index contributed by atoms with van der Waals surface area (Å²) in [5, 5.41) is 14.4. The molecule has 3 rings (SSSR count). The minimum absolute atomic E-state index is 0.0397. The SMILES string of the molecule is N#Cc1cccc(NC(=O)c2cccc(C(=O)NCC3CCCO3)n2)c1. The highest BCUT2D eigenvalue weighted by Gasteiger charge is 2.18. The molecule has 0 radical (unpaired) electrons. The zero-order valence-electron chi connectivity index (χ0n) is 14.1. The number of anilines is 1. The number of aromatic nitrogens is 1. The van der Waals surface area contributed by atoms with Gasteiger partial charge in [-0.3, -0.25) is 9.59 Å². The standard InChI is InChI=1S/C19H18N4O3/c20-11-13-4-1-5-14(10-13)22-19(25)17-8-2-7-16(23-17)18(24)21-12-15-6-3-9-26-15/h1-2,4-5,7-8,10,15H,3,6,9,12H2,(H,21,24)(H,22,25). The second kappa shape index (κ2) is 8.23. The van der Waals surface area contributed by atoms with Gasteiger partial charge in [-0.05, 0) is 43.2 Å². The molecular formula is C19H18N4O3. The zero-order valence-corrected chi connectivity index (χ0v) is 14.1. The summed E-state index contributed by atoms with van der Waals surface area (Å²) in [5.74, 6) is -0.796. The minimum atomic E-state index is -0.450. The van der Waals surface area contributed by atoms with Crippen molar-refractivity contribution in [3.8, 4) is 6.07 Å². The molecule has 1 fully saturated rings. The van der Waals surface area contributed by atoms with Gasteiger partial charge < -0.3 is 15.4 Å². The molecule has 0 saturated carbocycles. The lowest BCUT2D eigenvalue weighted by atomic mass is 10.2. The van der Waals surface area contributed by atoms with Crippen molar-refractivity contribution in [3.05, 3.63) is 59.4 Å². The van der Waals surface area contributed by atoms with Crippen molar-refractivity contribution in [1.82, 2.24) is 10.3 Å². The number of carbonyl (C=O) groups is 2. The van der Waals surface area contributed by atoms with Crippen LogP contribution < -0.4 is 10.6 Å². The Morgan fingerprint density at radius 1 is 1.19 bits per heavy atom. The molecule has 26 heavy (non-hydrogen) atoms. The van der Waals surface area contributed by atoms with Crippen LogP contribution in [0.3, 0.4) is 0 Å². The Bertz CT molecular complexity index is 854. The Morgan fingerprint density at radius 2 is 1.96 bits per heavy atom. The second-order valence-electron chi connectivity index (χ2n) is 5.90. The van der Waals surface area contributed by atoms with Crippen LogP contribution in [0.2, 0.25) is 0 Å². The number of amides is 2. The number of ether oxygens (including phenoxy) is 1. The van der Waals surface area contributed by atoms with Gasteiger partial charge in [-0.15, -0.1) is 0 Å². The van der Waals surface area contributed by atoms with E-state index in [-0.39, 0.29) is 23.4 Å². The van der Waals surface area contributed by atoms with Crippen LogP contribution in [0.4, 0.5) is 5.69 Å². The van der Waals surface area contributed by atoms with Crippen LogP contribution in [-0.4, -0.2) is 36.1 Å². The molecule has 2 amide bonds. The highest BCUT2D eigenvalue weighted by Crippen LogP contribution is 2.12. The molecule has 1 aromatic carbocycles. The van der Waals surface area contributed by atoms with E-state index in [9.17, 15) is 9.59 Å². The molecule has 7 nitrogen and oxygen atoms in total. The molecule has 1 saturated heterocycles. The van der Waals surface area contributed by atoms with Gasteiger partial charge in [0.1, 0.15) is 11.4 Å². The van der Waals surface area contributed by atoms with Crippen molar-refractivity contribution >= 4 is 17.5 Å². The average Bonchev–Trinajstić information content (AvgIpc) is 3.20. The van der Waals surface area contributed by atoms with E-state index in [4.69, 9.17) is 10.00 Å². The van der Waals surface area contributed by atoms with Gasteiger partial charge in [-0.2, -0.15) is 5.26 Å². The normalized spacial score (nSPS) is 15.9. The number of nitrogens with one attached hydrogen (secondary N) is 2. The monoisotopic (exact) mass is 350 g/mol. The first-order valence-electron chi connectivity index (χ1n) is 8.34. The molecule has 2 aromatic rings. The quantitative estimate of drug-likeness (QED) is 0.859. The van der Waals surface area contributed by atoms with Crippen LogP contribution >= 0.6 is 0 Å². The van der Waals surface area contributed by atoms with Gasteiger partial charge in [0.05, 0.1) is 17.7 Å². The van der Waals surface area contributed by atoms with Gasteiger partial charge in [0.15, 0.2) is 0 Å². The fraction of sp³-hybridized carbons (Fsp3) is 0.263. The second-order valence-corrected chi connectivity index (χ2v) is 5.90. The number of nitriles is 1. The van der Waals surface area contributed by atoms with Crippen molar-refractivity contribution in [2.45, 2.75) is 18.9 Å². The molecule has 1 atom stereocenters. The number of carbonyl (C=O) groups excluding carboxylic acids is 2. The van der Waals surface area contributed by atoms with Crippen LogP contribution in [-0.2, 0) is 4.74 Å². The third kappa shape index (κ3) is 4.43. The Kier molecular flexibility index (Phi) is 5.56. The van der Waals surface area contributed by atoms with E-state index in [1.807, 2.05) is 6.07 Å². The van der Waals surface area contributed by atoms with Crippen molar-refractivity contribution in [2.75, 3.05) is 18.5 Å². The molecule has 132 valence electrons. The summed E-state index contributed by atoms with van der Waals surface area (Å²) < 4.78 is 5.46. The molecule has 2 N–H and O–H groups in total. The predicted molar refractivity (Wildman–Crippen MR) is 94.7 cm³/mol. The van der Waals surface area contributed by atoms with Crippen molar-refractivity contribution in [1.29, 1.82) is 5.26 Å². The molecular weight excluding hydrogens is 332 g/mol. The van der Waals surface area contributed by atoms with Gasteiger partial charge in [-0.25, -0.2) is 4.98 Å². The van der Waals surface area contributed by atoms with E-state index in [0.717, 1.165) is 19.4 Å². The smallest absolute Gasteiger partial charge is 0.274 e. The third-order valence-electron chi connectivity index (χ3n) is 3.98. The van der Waals surface area contributed by atoms with Gasteiger partial charge in [0, 0.05) is 18.8 Å². The maximum atomic E-state index is 12.3. The van der Waals surface area contributed by atoms with E-state index in [2.05, 4.69) is 15.6 Å². The van der Waals surface area contributed by atoms with Crippen LogP contribution in [0.15, 0.2) is 42.5 Å². The average molecular weight is 350 g/mol. The Hall–Kier alpha value is -3.24. The zero-order chi connectivity index (χ0) is 18.4. The lowest BCUT2D eigenvalue weighted by molar-refractivity contribution is 0.0853. The molecule has 2 heterocycles. The van der Waals surface area contributed by atoms with Gasteiger partial charge in [0.2, 0.25) is 0 Å². The van der Waals surface area contributed by atoms with E-state index < -0.39 is 5.91 Å². The van der Waals surface area contributed by atoms with E-state index >= 15 is 0 Å². The molecule has 1 unspecified atom stereocenters. The summed E-state index contributed by atoms with van der Waals surface area (Å²) in [6, 6.07) is 13.3. The molecule has 7 heteroatoms. The van der Waals surface area contributed by atoms with E-state index in [0.29, 0.717) is 17.8 Å². The number of benzene rings is 1. The molecule has 0 bridgehead atoms. The Morgan fingerprint density at radius 3 is 2.69 bits per heavy atom. The van der Waals surface area contributed by atoms with Crippen LogP contribution in [0.25, 0.3) is 0 Å². The Balaban J connectivity index is 1.64. The number of rotatable bonds is 5. The largest absolute Gasteiger partial charge is 0.376 e. The maximum Gasteiger partial charge on any atom is 0.274 e. The Labute approximate surface area is 151 Å². The summed E-state index contributed by atoms with van der Waals surface area (Å²) in [6.07, 6.45) is 1.97. The fourth-order valence-corrected chi connectivity index (χ4v) is 2.65. The van der Waals surface area contributed by atoms with Crippen molar-refractivity contribution in [3.63, 3.8) is 0 Å². The summed E-state index contributed by atoms with van der Waals surface area (Å²) >= 11 is 0. The summed E-state index contributed by atoms with van der Waals surface area (Å²) in [6.45, 7) is 1.15. The first kappa shape index (κ1) is 17.6. The van der Waals surface area contributed by atoms with Crippen LogP contribution in [0.1, 0.15) is 39.4 Å². The van der Waals surface area contributed by atoms with E-state index in [1.165, 1.54) is 6.07 Å². The topological polar surface area (TPSA) is 104 Å². The first-order chi connectivity index (χ1) is 12.7. The summed E-state index contributed by atoms with van der Waals surface area (Å²) in [5.41, 5.74) is 1.22. The molecule has 0 spiro atoms. The summed E-state index contributed by atoms with van der Waals surface area (Å²) in [7, 11) is 0. The van der Waals surface area contributed by atoms with Crippen LogP contribution in [0, 0.1) is 11.3 Å². The molecule has 1 aliphatic rings. The number of hydrogen-bond donors (Lipinski definition) is 2. The molecule has 1 aromatic heterocycles. The maximum absolute atomic E-state index is 12.3.